The first-order valence-electron chi connectivity index (χ1n) is 13.6. The highest BCUT2D eigenvalue weighted by Gasteiger charge is 2.45. The number of carbonyl (C=O) groups excluding carboxylic acids is 1. The van der Waals surface area contributed by atoms with Crippen molar-refractivity contribution < 1.29 is 9.53 Å². The second-order valence-corrected chi connectivity index (χ2v) is 12.3. The number of hydrogen-bond acceptors (Lipinski definition) is 5. The molecule has 33 heavy (non-hydrogen) atoms. The molecule has 184 valence electrons. The number of likely N-dealkylation sites (tertiary alicyclic amines) is 2. The predicted molar refractivity (Wildman–Crippen MR) is 135 cm³/mol. The quantitative estimate of drug-likeness (QED) is 0.640. The monoisotopic (exact) mass is 473 g/mol. The summed E-state index contributed by atoms with van der Waals surface area (Å²) in [4.78, 5) is 20.6. The van der Waals surface area contributed by atoms with Crippen LogP contribution in [0.15, 0.2) is 6.07 Å². The minimum absolute atomic E-state index is 0.0437. The van der Waals surface area contributed by atoms with Gasteiger partial charge in [0.25, 0.3) is 0 Å². The summed E-state index contributed by atoms with van der Waals surface area (Å²) in [5.74, 6) is 0.981. The standard InChI is InChI=1S/C27H43N3O2S/c1-3-23-17-24-25(33-23)8-14-32-27(24)9-13-30(20(2)18-27)19-21-15-22(16-21)28-26(31)7-12-29-10-5-4-6-11-29/h17,20-22H,3-16,18-19H2,1-2H3,(H,28,31)/t20-,21?,22?,27+/m0/s1. The molecule has 0 radical (unpaired) electrons. The number of hydrogen-bond donors (Lipinski definition) is 1. The van der Waals surface area contributed by atoms with Crippen LogP contribution < -0.4 is 5.32 Å². The molecule has 1 saturated carbocycles. The van der Waals surface area contributed by atoms with Gasteiger partial charge in [-0.05, 0) is 82.5 Å². The van der Waals surface area contributed by atoms with E-state index in [4.69, 9.17) is 4.74 Å². The van der Waals surface area contributed by atoms with Crippen molar-refractivity contribution >= 4 is 17.2 Å². The minimum atomic E-state index is -0.0437. The molecule has 6 heteroatoms. The number of aryl methyl sites for hydroxylation is 1. The molecule has 3 fully saturated rings. The molecule has 1 amide bonds. The van der Waals surface area contributed by atoms with Crippen LogP contribution in [-0.2, 0) is 28.0 Å². The Morgan fingerprint density at radius 1 is 1.24 bits per heavy atom. The summed E-state index contributed by atoms with van der Waals surface area (Å²) >= 11 is 2.01. The van der Waals surface area contributed by atoms with Gasteiger partial charge in [0, 0.05) is 54.3 Å². The third-order valence-corrected chi connectivity index (χ3v) is 9.99. The average Bonchev–Trinajstić information content (AvgIpc) is 3.24. The van der Waals surface area contributed by atoms with E-state index in [1.54, 1.807) is 4.88 Å². The molecule has 0 bridgehead atoms. The molecular weight excluding hydrogens is 430 g/mol. The van der Waals surface area contributed by atoms with Crippen LogP contribution in [0.3, 0.4) is 0 Å². The highest BCUT2D eigenvalue weighted by molar-refractivity contribution is 7.12. The zero-order valence-corrected chi connectivity index (χ0v) is 21.6. The molecule has 2 saturated heterocycles. The summed E-state index contributed by atoms with van der Waals surface area (Å²) < 4.78 is 6.51. The molecule has 1 aromatic heterocycles. The molecule has 2 atom stereocenters. The van der Waals surface area contributed by atoms with Gasteiger partial charge in [-0.3, -0.25) is 4.79 Å². The molecule has 1 N–H and O–H groups in total. The van der Waals surface area contributed by atoms with Crippen molar-refractivity contribution in [3.05, 3.63) is 21.4 Å². The molecule has 1 aliphatic carbocycles. The van der Waals surface area contributed by atoms with E-state index in [0.717, 1.165) is 64.1 Å². The van der Waals surface area contributed by atoms with Crippen LogP contribution in [0.5, 0.6) is 0 Å². The molecule has 4 aliphatic rings. The molecular formula is C27H43N3O2S. The number of carbonyl (C=O) groups is 1. The van der Waals surface area contributed by atoms with E-state index in [1.165, 1.54) is 49.3 Å². The number of fused-ring (bicyclic) bond motifs is 2. The van der Waals surface area contributed by atoms with E-state index in [0.29, 0.717) is 18.5 Å². The van der Waals surface area contributed by atoms with Crippen LogP contribution in [0.4, 0.5) is 0 Å². The third kappa shape index (κ3) is 5.34. The van der Waals surface area contributed by atoms with E-state index in [1.807, 2.05) is 11.3 Å². The van der Waals surface area contributed by atoms with Crippen molar-refractivity contribution in [2.24, 2.45) is 5.92 Å². The lowest BCUT2D eigenvalue weighted by atomic mass is 9.76. The third-order valence-electron chi connectivity index (χ3n) is 8.66. The summed E-state index contributed by atoms with van der Waals surface area (Å²) in [7, 11) is 0. The van der Waals surface area contributed by atoms with Gasteiger partial charge in [-0.15, -0.1) is 11.3 Å². The first-order valence-corrected chi connectivity index (χ1v) is 14.4. The van der Waals surface area contributed by atoms with Crippen LogP contribution >= 0.6 is 11.3 Å². The minimum Gasteiger partial charge on any atom is -0.370 e. The van der Waals surface area contributed by atoms with Crippen LogP contribution in [-0.4, -0.2) is 67.1 Å². The van der Waals surface area contributed by atoms with Gasteiger partial charge in [-0.2, -0.15) is 0 Å². The Bertz CT molecular complexity index is 814. The first-order chi connectivity index (χ1) is 16.0. The van der Waals surface area contributed by atoms with Crippen LogP contribution in [0.25, 0.3) is 0 Å². The Balaban J connectivity index is 1.05. The van der Waals surface area contributed by atoms with Gasteiger partial charge in [0.05, 0.1) is 12.2 Å². The van der Waals surface area contributed by atoms with Crippen molar-refractivity contribution in [1.82, 2.24) is 15.1 Å². The maximum Gasteiger partial charge on any atom is 0.221 e. The summed E-state index contributed by atoms with van der Waals surface area (Å²) in [6.45, 7) is 11.1. The van der Waals surface area contributed by atoms with Crippen molar-refractivity contribution in [3.8, 4) is 0 Å². The van der Waals surface area contributed by atoms with Crippen LogP contribution in [0, 0.1) is 5.92 Å². The van der Waals surface area contributed by atoms with Gasteiger partial charge in [-0.25, -0.2) is 0 Å². The van der Waals surface area contributed by atoms with Gasteiger partial charge >= 0.3 is 0 Å². The summed E-state index contributed by atoms with van der Waals surface area (Å²) in [6, 6.07) is 3.40. The summed E-state index contributed by atoms with van der Waals surface area (Å²) in [5, 5.41) is 3.30. The Hall–Kier alpha value is -0.950. The van der Waals surface area contributed by atoms with Crippen LogP contribution in [0.2, 0.25) is 0 Å². The van der Waals surface area contributed by atoms with E-state index < -0.39 is 0 Å². The normalized spacial score (nSPS) is 33.0. The maximum atomic E-state index is 12.4. The smallest absolute Gasteiger partial charge is 0.221 e. The molecule has 1 spiro atoms. The average molecular weight is 474 g/mol. The Morgan fingerprint density at radius 2 is 2.06 bits per heavy atom. The fraction of sp³-hybridized carbons (Fsp3) is 0.815. The van der Waals surface area contributed by atoms with Gasteiger partial charge in [0.1, 0.15) is 0 Å². The first kappa shape index (κ1) is 23.8. The number of ether oxygens (including phenoxy) is 1. The summed E-state index contributed by atoms with van der Waals surface area (Å²) in [6.07, 6.45) is 11.4. The van der Waals surface area contributed by atoms with Crippen molar-refractivity contribution in [1.29, 1.82) is 0 Å². The Kier molecular flexibility index (Phi) is 7.46. The Morgan fingerprint density at radius 3 is 2.82 bits per heavy atom. The number of thiophene rings is 1. The molecule has 0 aromatic carbocycles. The number of nitrogens with zero attached hydrogens (tertiary/aromatic N) is 2. The summed E-state index contributed by atoms with van der Waals surface area (Å²) in [5.41, 5.74) is 1.47. The lowest BCUT2D eigenvalue weighted by molar-refractivity contribution is -0.124. The van der Waals surface area contributed by atoms with E-state index in [2.05, 4.69) is 35.0 Å². The Labute approximate surface area is 204 Å². The SMILES string of the molecule is CCc1cc2c(s1)CCO[C@@]21CCN(CC2CC(NC(=O)CCN3CCCCC3)C2)[C@@H](C)C1. The second-order valence-electron chi connectivity index (χ2n) is 11.0. The fourth-order valence-corrected chi connectivity index (χ4v) is 7.80. The van der Waals surface area contributed by atoms with Crippen molar-refractivity contribution in [3.63, 3.8) is 0 Å². The second kappa shape index (κ2) is 10.3. The van der Waals surface area contributed by atoms with Gasteiger partial charge in [0.2, 0.25) is 5.91 Å². The topological polar surface area (TPSA) is 44.8 Å². The van der Waals surface area contributed by atoms with E-state index in [9.17, 15) is 4.79 Å². The molecule has 1 aromatic rings. The fourth-order valence-electron chi connectivity index (χ4n) is 6.62. The van der Waals surface area contributed by atoms with E-state index >= 15 is 0 Å². The predicted octanol–water partition coefficient (Wildman–Crippen LogP) is 4.33. The van der Waals surface area contributed by atoms with Crippen molar-refractivity contribution in [2.45, 2.75) is 95.7 Å². The van der Waals surface area contributed by atoms with Crippen LogP contribution in [0.1, 0.15) is 80.5 Å². The van der Waals surface area contributed by atoms with Gasteiger partial charge in [-0.1, -0.05) is 13.3 Å². The molecule has 3 aliphatic heterocycles. The molecule has 5 nitrogen and oxygen atoms in total. The maximum absolute atomic E-state index is 12.4. The lowest BCUT2D eigenvalue weighted by Crippen LogP contribution is -2.54. The highest BCUT2D eigenvalue weighted by Crippen LogP contribution is 2.46. The lowest BCUT2D eigenvalue weighted by Gasteiger charge is -2.49. The largest absolute Gasteiger partial charge is 0.370 e. The number of nitrogens with one attached hydrogen (secondary N) is 1. The molecule has 0 unspecified atom stereocenters. The van der Waals surface area contributed by atoms with E-state index in [-0.39, 0.29) is 11.5 Å². The van der Waals surface area contributed by atoms with Crippen molar-refractivity contribution in [2.75, 3.05) is 39.3 Å². The number of rotatable bonds is 7. The zero-order chi connectivity index (χ0) is 22.8. The molecule has 4 heterocycles. The van der Waals surface area contributed by atoms with Gasteiger partial charge in [0.15, 0.2) is 0 Å². The highest BCUT2D eigenvalue weighted by atomic mass is 32.1. The number of piperidine rings is 2. The zero-order valence-electron chi connectivity index (χ0n) is 20.7. The number of amides is 1. The van der Waals surface area contributed by atoms with Gasteiger partial charge < -0.3 is 19.9 Å². The molecule has 5 rings (SSSR count).